The Morgan fingerprint density at radius 1 is 1.19 bits per heavy atom. The highest BCUT2D eigenvalue weighted by molar-refractivity contribution is 6.18. The summed E-state index contributed by atoms with van der Waals surface area (Å²) in [7, 11) is 7.27. The van der Waals surface area contributed by atoms with E-state index in [1.165, 1.54) is 0 Å². The van der Waals surface area contributed by atoms with Gasteiger partial charge in [0, 0.05) is 11.9 Å². The number of benzene rings is 1. The molecule has 0 saturated heterocycles. The summed E-state index contributed by atoms with van der Waals surface area (Å²) in [5, 5.41) is 0. The van der Waals surface area contributed by atoms with Gasteiger partial charge in [-0.25, -0.2) is 0 Å². The molecule has 0 aliphatic carbocycles. The molecule has 0 radical (unpaired) electrons. The molecule has 0 aliphatic rings. The topological polar surface area (TPSA) is 21.7 Å². The molecule has 0 aromatic heterocycles. The molecule has 0 heterocycles. The van der Waals surface area contributed by atoms with E-state index >= 15 is 0 Å². The van der Waals surface area contributed by atoms with Crippen LogP contribution in [0.25, 0.3) is 0 Å². The molecule has 0 amide bonds. The number of alkyl halides is 1. The van der Waals surface area contributed by atoms with Crippen molar-refractivity contribution in [2.75, 3.05) is 34.2 Å². The Morgan fingerprint density at radius 3 is 2.25 bits per heavy atom. The molecular weight excluding hydrogens is 226 g/mol. The maximum atomic E-state index is 5.95. The van der Waals surface area contributed by atoms with Crippen molar-refractivity contribution < 1.29 is 9.47 Å². The summed E-state index contributed by atoms with van der Waals surface area (Å²) in [6.45, 7) is 0. The molecule has 0 N–H and O–H groups in total. The van der Waals surface area contributed by atoms with E-state index in [9.17, 15) is 0 Å². The van der Waals surface area contributed by atoms with E-state index in [-0.39, 0.29) is 6.04 Å². The second-order valence-electron chi connectivity index (χ2n) is 3.75. The summed E-state index contributed by atoms with van der Waals surface area (Å²) in [5.74, 6) is 2.01. The van der Waals surface area contributed by atoms with Gasteiger partial charge in [0.05, 0.1) is 14.2 Å². The van der Waals surface area contributed by atoms with E-state index in [2.05, 4.69) is 4.90 Å². The maximum absolute atomic E-state index is 5.95. The minimum absolute atomic E-state index is 0.182. The smallest absolute Gasteiger partial charge is 0.161 e. The molecule has 16 heavy (non-hydrogen) atoms. The molecule has 90 valence electrons. The molecular formula is C12H18ClNO2. The summed E-state index contributed by atoms with van der Waals surface area (Å²) in [4.78, 5) is 2.08. The first-order valence-corrected chi connectivity index (χ1v) is 5.61. The van der Waals surface area contributed by atoms with Crippen LogP contribution in [0.3, 0.4) is 0 Å². The quantitative estimate of drug-likeness (QED) is 0.742. The summed E-state index contributed by atoms with van der Waals surface area (Å²) in [5.41, 5.74) is 1.12. The van der Waals surface area contributed by atoms with Crippen LogP contribution < -0.4 is 9.47 Å². The minimum atomic E-state index is 0.182. The molecule has 4 heteroatoms. The van der Waals surface area contributed by atoms with Crippen LogP contribution in [0.5, 0.6) is 11.5 Å². The van der Waals surface area contributed by atoms with Gasteiger partial charge in [-0.05, 0) is 31.8 Å². The Kier molecular flexibility index (Phi) is 4.90. The third kappa shape index (κ3) is 2.80. The van der Waals surface area contributed by atoms with Crippen molar-refractivity contribution in [1.29, 1.82) is 0 Å². The van der Waals surface area contributed by atoms with Crippen molar-refractivity contribution in [3.05, 3.63) is 23.8 Å². The zero-order valence-electron chi connectivity index (χ0n) is 10.2. The van der Waals surface area contributed by atoms with Gasteiger partial charge in [-0.2, -0.15) is 0 Å². The third-order valence-electron chi connectivity index (χ3n) is 2.56. The molecule has 0 bridgehead atoms. The highest BCUT2D eigenvalue weighted by Gasteiger charge is 2.15. The van der Waals surface area contributed by atoms with E-state index in [4.69, 9.17) is 21.1 Å². The fourth-order valence-corrected chi connectivity index (χ4v) is 2.04. The lowest BCUT2D eigenvalue weighted by Crippen LogP contribution is -2.21. The van der Waals surface area contributed by atoms with E-state index in [1.807, 2.05) is 32.3 Å². The van der Waals surface area contributed by atoms with Crippen LogP contribution in [0.15, 0.2) is 18.2 Å². The average molecular weight is 244 g/mol. The Bertz CT molecular complexity index is 342. The Morgan fingerprint density at radius 2 is 1.81 bits per heavy atom. The highest BCUT2D eigenvalue weighted by atomic mass is 35.5. The van der Waals surface area contributed by atoms with Crippen molar-refractivity contribution in [3.8, 4) is 11.5 Å². The molecule has 3 nitrogen and oxygen atoms in total. The highest BCUT2D eigenvalue weighted by Crippen LogP contribution is 2.31. The number of hydrogen-bond acceptors (Lipinski definition) is 3. The number of hydrogen-bond donors (Lipinski definition) is 0. The molecule has 1 aromatic carbocycles. The van der Waals surface area contributed by atoms with Crippen molar-refractivity contribution >= 4 is 11.6 Å². The van der Waals surface area contributed by atoms with Gasteiger partial charge in [0.25, 0.3) is 0 Å². The second-order valence-corrected chi connectivity index (χ2v) is 4.06. The first kappa shape index (κ1) is 13.1. The van der Waals surface area contributed by atoms with Gasteiger partial charge in [-0.1, -0.05) is 6.07 Å². The summed E-state index contributed by atoms with van der Waals surface area (Å²) in [6, 6.07) is 6.05. The minimum Gasteiger partial charge on any atom is -0.493 e. The zero-order valence-corrected chi connectivity index (χ0v) is 10.9. The van der Waals surface area contributed by atoms with Crippen LogP contribution in [0.1, 0.15) is 11.6 Å². The van der Waals surface area contributed by atoms with Crippen molar-refractivity contribution in [3.63, 3.8) is 0 Å². The molecule has 0 fully saturated rings. The molecule has 1 unspecified atom stereocenters. The van der Waals surface area contributed by atoms with Crippen LogP contribution in [-0.2, 0) is 0 Å². The molecule has 0 spiro atoms. The monoisotopic (exact) mass is 243 g/mol. The van der Waals surface area contributed by atoms with Crippen LogP contribution >= 0.6 is 11.6 Å². The zero-order chi connectivity index (χ0) is 12.1. The van der Waals surface area contributed by atoms with Crippen LogP contribution in [-0.4, -0.2) is 39.1 Å². The van der Waals surface area contributed by atoms with Gasteiger partial charge in [0.15, 0.2) is 11.5 Å². The SMILES string of the molecule is COc1ccc(C(CCl)N(C)C)cc1OC. The van der Waals surface area contributed by atoms with Crippen LogP contribution in [0, 0.1) is 0 Å². The van der Waals surface area contributed by atoms with E-state index in [0.717, 1.165) is 17.1 Å². The fourth-order valence-electron chi connectivity index (χ4n) is 1.59. The van der Waals surface area contributed by atoms with Crippen molar-refractivity contribution in [2.45, 2.75) is 6.04 Å². The van der Waals surface area contributed by atoms with Crippen LogP contribution in [0.2, 0.25) is 0 Å². The van der Waals surface area contributed by atoms with Gasteiger partial charge in [-0.3, -0.25) is 0 Å². The molecule has 0 aliphatic heterocycles. The first-order chi connectivity index (χ1) is 7.63. The molecule has 1 aromatic rings. The second kappa shape index (κ2) is 5.97. The maximum Gasteiger partial charge on any atom is 0.161 e. The van der Waals surface area contributed by atoms with Gasteiger partial charge in [-0.15, -0.1) is 11.6 Å². The van der Waals surface area contributed by atoms with Gasteiger partial charge >= 0.3 is 0 Å². The predicted octanol–water partition coefficient (Wildman–Crippen LogP) is 2.55. The number of halogens is 1. The van der Waals surface area contributed by atoms with Crippen molar-refractivity contribution in [1.82, 2.24) is 4.90 Å². The first-order valence-electron chi connectivity index (χ1n) is 5.08. The van der Waals surface area contributed by atoms with E-state index in [1.54, 1.807) is 14.2 Å². The molecule has 1 atom stereocenters. The Hall–Kier alpha value is -0.930. The van der Waals surface area contributed by atoms with Crippen LogP contribution in [0.4, 0.5) is 0 Å². The van der Waals surface area contributed by atoms with E-state index < -0.39 is 0 Å². The van der Waals surface area contributed by atoms with E-state index in [0.29, 0.717) is 5.88 Å². The van der Waals surface area contributed by atoms with Gasteiger partial charge in [0.2, 0.25) is 0 Å². The Labute approximate surface area is 102 Å². The Balaban J connectivity index is 3.06. The number of ether oxygens (including phenoxy) is 2. The standard InChI is InChI=1S/C12H18ClNO2/c1-14(2)10(8-13)9-5-6-11(15-3)12(7-9)16-4/h5-7,10H,8H2,1-4H3. The van der Waals surface area contributed by atoms with Gasteiger partial charge < -0.3 is 14.4 Å². The number of nitrogens with zero attached hydrogens (tertiary/aromatic N) is 1. The predicted molar refractivity (Wildman–Crippen MR) is 66.7 cm³/mol. The largest absolute Gasteiger partial charge is 0.493 e. The summed E-state index contributed by atoms with van der Waals surface area (Å²) in [6.07, 6.45) is 0. The lowest BCUT2D eigenvalue weighted by atomic mass is 10.1. The third-order valence-corrected chi connectivity index (χ3v) is 2.85. The fraction of sp³-hybridized carbons (Fsp3) is 0.500. The number of rotatable bonds is 5. The molecule has 1 rings (SSSR count). The normalized spacial score (nSPS) is 12.6. The number of methoxy groups -OCH3 is 2. The lowest BCUT2D eigenvalue weighted by molar-refractivity contribution is 0.320. The summed E-state index contributed by atoms with van der Waals surface area (Å²) < 4.78 is 10.5. The van der Waals surface area contributed by atoms with Gasteiger partial charge in [0.1, 0.15) is 0 Å². The molecule has 0 saturated carbocycles. The average Bonchev–Trinajstić information content (AvgIpc) is 2.29. The lowest BCUT2D eigenvalue weighted by Gasteiger charge is -2.23. The summed E-state index contributed by atoms with van der Waals surface area (Å²) >= 11 is 5.95. The van der Waals surface area contributed by atoms with Crippen molar-refractivity contribution in [2.24, 2.45) is 0 Å².